The number of halogens is 3. The number of aryl methyl sites for hydroxylation is 1. The van der Waals surface area contributed by atoms with E-state index in [9.17, 15) is 23.1 Å². The van der Waals surface area contributed by atoms with Gasteiger partial charge in [-0.3, -0.25) is 4.98 Å². The highest BCUT2D eigenvalue weighted by molar-refractivity contribution is 7.09. The molecule has 178 valence electrons. The molecular weight excluding hydrogens is 483 g/mol. The van der Waals surface area contributed by atoms with Crippen LogP contribution >= 0.6 is 11.3 Å². The third-order valence-corrected chi connectivity index (χ3v) is 5.64. The predicted octanol–water partition coefficient (Wildman–Crippen LogP) is 3.38. The fraction of sp³-hybridized carbons (Fsp3) is 0.174. The molecule has 4 rings (SSSR count). The van der Waals surface area contributed by atoms with Crippen LogP contribution in [0.25, 0.3) is 22.3 Å². The van der Waals surface area contributed by atoms with Crippen molar-refractivity contribution in [1.82, 2.24) is 19.9 Å². The first-order valence-corrected chi connectivity index (χ1v) is 10.8. The van der Waals surface area contributed by atoms with E-state index in [-0.39, 0.29) is 10.8 Å². The Labute approximate surface area is 200 Å². The lowest BCUT2D eigenvalue weighted by Crippen LogP contribution is -2.35. The first kappa shape index (κ1) is 24.1. The molecule has 8 nitrogen and oxygen atoms in total. The molecule has 0 radical (unpaired) electrons. The van der Waals surface area contributed by atoms with Gasteiger partial charge in [0.05, 0.1) is 11.7 Å². The highest BCUT2D eigenvalue weighted by Crippen LogP contribution is 2.26. The van der Waals surface area contributed by atoms with Crippen molar-refractivity contribution in [3.63, 3.8) is 0 Å². The van der Waals surface area contributed by atoms with E-state index in [0.29, 0.717) is 27.9 Å². The Hall–Kier alpha value is -4.08. The number of anilines is 1. The molecule has 0 aliphatic heterocycles. The van der Waals surface area contributed by atoms with Gasteiger partial charge in [-0.2, -0.15) is 13.2 Å². The van der Waals surface area contributed by atoms with Crippen LogP contribution in [0.4, 0.5) is 19.0 Å². The SMILES string of the molecule is Cc1cc2c(N)nc(-c3cccc(C#C[C@@](O)(COC(=O)C(F)(F)F)c4nccs4)c3)nc2cn1. The maximum atomic E-state index is 12.5. The number of nitrogens with two attached hydrogens (primary N) is 1. The number of alkyl halides is 3. The number of ether oxygens (including phenoxy) is 1. The van der Waals surface area contributed by atoms with Gasteiger partial charge in [0, 0.05) is 33.8 Å². The molecule has 4 aromatic rings. The van der Waals surface area contributed by atoms with E-state index in [1.54, 1.807) is 36.5 Å². The van der Waals surface area contributed by atoms with Gasteiger partial charge in [-0.05, 0) is 25.1 Å². The summed E-state index contributed by atoms with van der Waals surface area (Å²) in [4.78, 5) is 28.1. The molecule has 0 saturated carbocycles. The number of carbonyl (C=O) groups excluding carboxylic acids is 1. The lowest BCUT2D eigenvalue weighted by atomic mass is 10.1. The van der Waals surface area contributed by atoms with E-state index in [1.165, 1.54) is 11.6 Å². The van der Waals surface area contributed by atoms with Crippen molar-refractivity contribution in [2.45, 2.75) is 18.7 Å². The largest absolute Gasteiger partial charge is 0.490 e. The first-order chi connectivity index (χ1) is 16.5. The Morgan fingerprint density at radius 1 is 1.23 bits per heavy atom. The summed E-state index contributed by atoms with van der Waals surface area (Å²) in [7, 11) is 0. The minimum atomic E-state index is -5.21. The molecule has 0 aliphatic carbocycles. The number of nitrogen functional groups attached to an aromatic ring is 1. The minimum Gasteiger partial charge on any atom is -0.454 e. The maximum absolute atomic E-state index is 12.5. The number of hydrogen-bond acceptors (Lipinski definition) is 9. The number of rotatable bonds is 4. The van der Waals surface area contributed by atoms with E-state index in [2.05, 4.69) is 36.5 Å². The predicted molar refractivity (Wildman–Crippen MR) is 122 cm³/mol. The fourth-order valence-corrected chi connectivity index (χ4v) is 3.71. The summed E-state index contributed by atoms with van der Waals surface area (Å²) in [5, 5.41) is 13.0. The third kappa shape index (κ3) is 5.37. The number of nitrogens with zero attached hydrogens (tertiary/aromatic N) is 4. The van der Waals surface area contributed by atoms with Crippen molar-refractivity contribution < 1.29 is 27.8 Å². The van der Waals surface area contributed by atoms with Gasteiger partial charge in [-0.15, -0.1) is 11.3 Å². The summed E-state index contributed by atoms with van der Waals surface area (Å²) in [6.07, 6.45) is -2.27. The fourth-order valence-electron chi connectivity index (χ4n) is 3.03. The molecule has 12 heteroatoms. The van der Waals surface area contributed by atoms with Crippen LogP contribution in [0.15, 0.2) is 48.1 Å². The summed E-state index contributed by atoms with van der Waals surface area (Å²) >= 11 is 0.952. The van der Waals surface area contributed by atoms with Gasteiger partial charge in [0.1, 0.15) is 17.4 Å². The molecule has 3 heterocycles. The lowest BCUT2D eigenvalue weighted by Gasteiger charge is -2.19. The smallest absolute Gasteiger partial charge is 0.454 e. The first-order valence-electron chi connectivity index (χ1n) is 9.95. The average molecular weight is 499 g/mol. The Morgan fingerprint density at radius 3 is 2.74 bits per heavy atom. The van der Waals surface area contributed by atoms with Gasteiger partial charge in [0.2, 0.25) is 5.60 Å². The highest BCUT2D eigenvalue weighted by Gasteiger charge is 2.43. The zero-order valence-electron chi connectivity index (χ0n) is 18.0. The monoisotopic (exact) mass is 499 g/mol. The van der Waals surface area contributed by atoms with E-state index in [1.807, 2.05) is 6.92 Å². The number of esters is 1. The van der Waals surface area contributed by atoms with Crippen LogP contribution in [-0.2, 0) is 15.1 Å². The maximum Gasteiger partial charge on any atom is 0.490 e. The van der Waals surface area contributed by atoms with Crippen molar-refractivity contribution in [1.29, 1.82) is 0 Å². The van der Waals surface area contributed by atoms with Crippen molar-refractivity contribution in [3.8, 4) is 23.2 Å². The van der Waals surface area contributed by atoms with Crippen LogP contribution in [0.3, 0.4) is 0 Å². The number of carbonyl (C=O) groups is 1. The van der Waals surface area contributed by atoms with Gasteiger partial charge in [0.25, 0.3) is 0 Å². The summed E-state index contributed by atoms with van der Waals surface area (Å²) in [5.41, 5.74) is 6.12. The molecule has 0 fully saturated rings. The number of aliphatic hydroxyl groups is 1. The van der Waals surface area contributed by atoms with Crippen molar-refractivity contribution in [2.24, 2.45) is 0 Å². The van der Waals surface area contributed by atoms with Crippen LogP contribution in [0.1, 0.15) is 16.3 Å². The number of hydrogen-bond donors (Lipinski definition) is 2. The van der Waals surface area contributed by atoms with E-state index in [4.69, 9.17) is 5.73 Å². The second kappa shape index (κ2) is 9.28. The topological polar surface area (TPSA) is 124 Å². The molecule has 3 aromatic heterocycles. The van der Waals surface area contributed by atoms with Crippen LogP contribution in [0.2, 0.25) is 0 Å². The molecule has 3 N–H and O–H groups in total. The summed E-state index contributed by atoms with van der Waals surface area (Å²) < 4.78 is 41.9. The molecular formula is C23H16F3N5O3S. The molecule has 1 atom stereocenters. The van der Waals surface area contributed by atoms with Gasteiger partial charge in [0.15, 0.2) is 5.82 Å². The van der Waals surface area contributed by atoms with Crippen molar-refractivity contribution in [2.75, 3.05) is 12.3 Å². The molecule has 0 spiro atoms. The molecule has 0 saturated heterocycles. The zero-order valence-corrected chi connectivity index (χ0v) is 18.8. The summed E-state index contributed by atoms with van der Waals surface area (Å²) in [5.74, 6) is 3.34. The van der Waals surface area contributed by atoms with Crippen LogP contribution in [0.5, 0.6) is 0 Å². The summed E-state index contributed by atoms with van der Waals surface area (Å²) in [6, 6.07) is 8.42. The molecule has 0 amide bonds. The van der Waals surface area contributed by atoms with Crippen molar-refractivity contribution in [3.05, 3.63) is 64.4 Å². The number of aromatic nitrogens is 4. The Kier molecular flexibility index (Phi) is 6.38. The normalized spacial score (nSPS) is 13.1. The Bertz CT molecular complexity index is 1470. The van der Waals surface area contributed by atoms with E-state index in [0.717, 1.165) is 17.0 Å². The number of pyridine rings is 1. The van der Waals surface area contributed by atoms with Crippen LogP contribution in [-0.4, -0.2) is 43.8 Å². The van der Waals surface area contributed by atoms with Crippen LogP contribution in [0, 0.1) is 18.8 Å². The molecule has 1 aromatic carbocycles. The molecule has 35 heavy (non-hydrogen) atoms. The average Bonchev–Trinajstić information content (AvgIpc) is 3.37. The minimum absolute atomic E-state index is 0.0236. The van der Waals surface area contributed by atoms with Crippen molar-refractivity contribution >= 4 is 34.0 Å². The van der Waals surface area contributed by atoms with Crippen LogP contribution < -0.4 is 5.73 Å². The molecule has 0 unspecified atom stereocenters. The molecule has 0 bridgehead atoms. The second-order valence-corrected chi connectivity index (χ2v) is 8.27. The quantitative estimate of drug-likeness (QED) is 0.324. The zero-order chi connectivity index (χ0) is 25.2. The standard InChI is InChI=1S/C23H16F3N5O3S/c1-13-9-16-17(11-29-13)30-19(31-18(16)27)15-4-2-3-14(10-15)5-6-22(33,20-28-7-8-35-20)12-34-21(32)23(24,25)26/h2-4,7-11,33H,12H2,1H3,(H2,27,30,31)/t22-/m1/s1. The van der Waals surface area contributed by atoms with Gasteiger partial charge in [-0.25, -0.2) is 19.7 Å². The Balaban J connectivity index is 1.66. The van der Waals surface area contributed by atoms with E-state index < -0.39 is 24.4 Å². The lowest BCUT2D eigenvalue weighted by molar-refractivity contribution is -0.203. The summed E-state index contributed by atoms with van der Waals surface area (Å²) in [6.45, 7) is 0.772. The number of benzene rings is 1. The second-order valence-electron chi connectivity index (χ2n) is 7.38. The van der Waals surface area contributed by atoms with Gasteiger partial charge in [-0.1, -0.05) is 24.0 Å². The molecule has 0 aliphatic rings. The third-order valence-electron chi connectivity index (χ3n) is 4.71. The number of thiazole rings is 1. The van der Waals surface area contributed by atoms with Gasteiger partial charge < -0.3 is 15.6 Å². The highest BCUT2D eigenvalue weighted by atomic mass is 32.1. The van der Waals surface area contributed by atoms with Gasteiger partial charge >= 0.3 is 12.1 Å². The number of fused-ring (bicyclic) bond motifs is 1. The Morgan fingerprint density at radius 2 is 2.03 bits per heavy atom. The van der Waals surface area contributed by atoms with E-state index >= 15 is 0 Å².